The molecule has 0 radical (unpaired) electrons. The first-order chi connectivity index (χ1) is 15.1. The van der Waals surface area contributed by atoms with E-state index < -0.39 is 11.7 Å². The van der Waals surface area contributed by atoms with Crippen LogP contribution in [0.1, 0.15) is 62.0 Å². The third kappa shape index (κ3) is 3.65. The van der Waals surface area contributed by atoms with Gasteiger partial charge in [-0.2, -0.15) is 13.2 Å². The van der Waals surface area contributed by atoms with Crippen LogP contribution in [-0.2, 0) is 20.5 Å². The minimum atomic E-state index is -4.44. The summed E-state index contributed by atoms with van der Waals surface area (Å²) < 4.78 is 50.0. The molecule has 5 rings (SSSR count). The van der Waals surface area contributed by atoms with Gasteiger partial charge in [0.1, 0.15) is 5.75 Å². The fraction of sp³-hybridized carbons (Fsp3) is 0.667. The lowest BCUT2D eigenvalue weighted by atomic mass is 9.55. The molecule has 0 N–H and O–H groups in total. The van der Waals surface area contributed by atoms with Crippen LogP contribution in [0.4, 0.5) is 13.2 Å². The molecule has 8 heteroatoms. The number of halogens is 3. The number of alkyl halides is 3. The largest absolute Gasteiger partial charge is 0.496 e. The van der Waals surface area contributed by atoms with Crippen LogP contribution in [0.3, 0.4) is 0 Å². The van der Waals surface area contributed by atoms with Crippen LogP contribution in [-0.4, -0.2) is 43.6 Å². The second-order valence-electron chi connectivity index (χ2n) is 10.3. The number of nitrogens with zero attached hydrogens (tertiary/aromatic N) is 1. The summed E-state index contributed by atoms with van der Waals surface area (Å²) in [7, 11) is 1.25. The van der Waals surface area contributed by atoms with Crippen LogP contribution in [0, 0.1) is 16.7 Å². The second-order valence-corrected chi connectivity index (χ2v) is 10.3. The predicted molar refractivity (Wildman–Crippen MR) is 109 cm³/mol. The minimum absolute atomic E-state index is 0.00669. The van der Waals surface area contributed by atoms with Crippen LogP contribution in [0.2, 0.25) is 0 Å². The molecule has 1 amide bonds. The number of amides is 1. The maximum atomic E-state index is 13.3. The number of hydrogen-bond donors (Lipinski definition) is 0. The predicted octanol–water partition coefficient (Wildman–Crippen LogP) is 4.54. The Morgan fingerprint density at radius 1 is 1.12 bits per heavy atom. The van der Waals surface area contributed by atoms with Crippen molar-refractivity contribution in [1.82, 2.24) is 4.90 Å². The quantitative estimate of drug-likeness (QED) is 0.633. The fourth-order valence-electron chi connectivity index (χ4n) is 6.35. The molecule has 2 saturated carbocycles. The standard InChI is InChI=1S/C24H28F3NO4/c1-31-19-3-2-15(8-18(19)24(25,26)27)16-9-22(10-16)4-6-28(7-5-22)21(30)17-11-23(12-17)13-20(29)32-14-23/h2-3,8,16-17H,4-7,9-14H2,1H3. The monoisotopic (exact) mass is 451 g/mol. The van der Waals surface area contributed by atoms with E-state index >= 15 is 0 Å². The summed E-state index contributed by atoms with van der Waals surface area (Å²) in [6.07, 6.45) is 0.999. The lowest BCUT2D eigenvalue weighted by Crippen LogP contribution is -2.52. The molecule has 1 aromatic rings. The SMILES string of the molecule is COc1ccc(C2CC3(CCN(C(=O)C4CC5(COC(=O)C5)C4)CC3)C2)cc1C(F)(F)F. The number of carbonyl (C=O) groups is 2. The van der Waals surface area contributed by atoms with Gasteiger partial charge in [-0.3, -0.25) is 9.59 Å². The Morgan fingerprint density at radius 2 is 1.81 bits per heavy atom. The Hall–Kier alpha value is -2.25. The molecule has 4 aliphatic rings. The summed E-state index contributed by atoms with van der Waals surface area (Å²) in [6.45, 7) is 1.86. The highest BCUT2D eigenvalue weighted by Gasteiger charge is 2.54. The molecule has 1 aromatic carbocycles. The molecule has 2 spiro atoms. The highest BCUT2D eigenvalue weighted by Crippen LogP contribution is 2.58. The number of esters is 1. The summed E-state index contributed by atoms with van der Waals surface area (Å²) in [4.78, 5) is 26.2. The van der Waals surface area contributed by atoms with Crippen LogP contribution in [0.5, 0.6) is 5.75 Å². The molecule has 5 nitrogen and oxygen atoms in total. The van der Waals surface area contributed by atoms with E-state index in [1.54, 1.807) is 6.07 Å². The maximum absolute atomic E-state index is 13.3. The second kappa shape index (κ2) is 7.39. The Labute approximate surface area is 185 Å². The van der Waals surface area contributed by atoms with E-state index in [-0.39, 0.29) is 40.3 Å². The fourth-order valence-corrected chi connectivity index (χ4v) is 6.35. The van der Waals surface area contributed by atoms with Crippen molar-refractivity contribution in [3.63, 3.8) is 0 Å². The molecule has 2 aliphatic heterocycles. The first kappa shape index (κ1) is 21.6. The summed E-state index contributed by atoms with van der Waals surface area (Å²) >= 11 is 0. The van der Waals surface area contributed by atoms with Gasteiger partial charge in [-0.05, 0) is 67.6 Å². The molecule has 2 saturated heterocycles. The van der Waals surface area contributed by atoms with Crippen molar-refractivity contribution in [3.8, 4) is 5.75 Å². The van der Waals surface area contributed by atoms with Crippen LogP contribution >= 0.6 is 0 Å². The molecule has 2 aliphatic carbocycles. The highest BCUT2D eigenvalue weighted by atomic mass is 19.4. The number of ether oxygens (including phenoxy) is 2. The number of benzene rings is 1. The molecule has 0 bridgehead atoms. The lowest BCUT2D eigenvalue weighted by molar-refractivity contribution is -0.147. The van der Waals surface area contributed by atoms with Gasteiger partial charge in [0.25, 0.3) is 0 Å². The molecule has 0 unspecified atom stereocenters. The van der Waals surface area contributed by atoms with Crippen molar-refractivity contribution in [2.75, 3.05) is 26.8 Å². The number of carbonyl (C=O) groups excluding carboxylic acids is 2. The maximum Gasteiger partial charge on any atom is 0.419 e. The van der Waals surface area contributed by atoms with Gasteiger partial charge in [0.15, 0.2) is 0 Å². The van der Waals surface area contributed by atoms with E-state index in [4.69, 9.17) is 9.47 Å². The van der Waals surface area contributed by atoms with E-state index in [2.05, 4.69) is 0 Å². The van der Waals surface area contributed by atoms with Crippen molar-refractivity contribution < 1.29 is 32.2 Å². The molecule has 0 atom stereocenters. The summed E-state index contributed by atoms with van der Waals surface area (Å²) in [5.74, 6) is -0.00270. The number of rotatable bonds is 3. The van der Waals surface area contributed by atoms with Gasteiger partial charge in [0.05, 0.1) is 25.7 Å². The Kier molecular flexibility index (Phi) is 4.98. The average Bonchev–Trinajstić information content (AvgIpc) is 3.11. The number of hydrogen-bond acceptors (Lipinski definition) is 4. The number of piperidine rings is 1. The van der Waals surface area contributed by atoms with Crippen molar-refractivity contribution in [2.45, 2.75) is 57.0 Å². The van der Waals surface area contributed by atoms with E-state index in [1.165, 1.54) is 19.2 Å². The summed E-state index contributed by atoms with van der Waals surface area (Å²) in [5, 5.41) is 0. The van der Waals surface area contributed by atoms with Gasteiger partial charge in [-0.1, -0.05) is 6.07 Å². The Bertz CT molecular complexity index is 922. The van der Waals surface area contributed by atoms with Gasteiger partial charge >= 0.3 is 12.1 Å². The van der Waals surface area contributed by atoms with Crippen molar-refractivity contribution >= 4 is 11.9 Å². The van der Waals surface area contributed by atoms with Gasteiger partial charge < -0.3 is 14.4 Å². The average molecular weight is 451 g/mol. The Morgan fingerprint density at radius 3 is 2.38 bits per heavy atom. The zero-order chi connectivity index (χ0) is 22.7. The molecule has 0 aromatic heterocycles. The number of likely N-dealkylation sites (tertiary alicyclic amines) is 1. The number of cyclic esters (lactones) is 1. The van der Waals surface area contributed by atoms with Gasteiger partial charge in [-0.15, -0.1) is 0 Å². The van der Waals surface area contributed by atoms with Crippen LogP contribution in [0.25, 0.3) is 0 Å². The third-order valence-corrected chi connectivity index (χ3v) is 8.26. The van der Waals surface area contributed by atoms with E-state index in [0.717, 1.165) is 44.1 Å². The minimum Gasteiger partial charge on any atom is -0.496 e. The van der Waals surface area contributed by atoms with Gasteiger partial charge in [-0.25, -0.2) is 0 Å². The van der Waals surface area contributed by atoms with Crippen molar-refractivity contribution in [3.05, 3.63) is 29.3 Å². The molecular weight excluding hydrogens is 423 g/mol. The zero-order valence-electron chi connectivity index (χ0n) is 18.2. The molecule has 32 heavy (non-hydrogen) atoms. The topological polar surface area (TPSA) is 55.8 Å². The zero-order valence-corrected chi connectivity index (χ0v) is 18.2. The number of methoxy groups -OCH3 is 1. The molecule has 4 fully saturated rings. The van der Waals surface area contributed by atoms with E-state index in [1.807, 2.05) is 4.90 Å². The molecular formula is C24H28F3NO4. The smallest absolute Gasteiger partial charge is 0.419 e. The van der Waals surface area contributed by atoms with Crippen LogP contribution in [0.15, 0.2) is 18.2 Å². The normalized spacial score (nSPS) is 26.6. The summed E-state index contributed by atoms with van der Waals surface area (Å²) in [6, 6.07) is 4.39. The van der Waals surface area contributed by atoms with Gasteiger partial charge in [0, 0.05) is 24.4 Å². The lowest BCUT2D eigenvalue weighted by Gasteiger charge is -2.53. The van der Waals surface area contributed by atoms with E-state index in [0.29, 0.717) is 26.1 Å². The first-order valence-corrected chi connectivity index (χ1v) is 11.3. The van der Waals surface area contributed by atoms with Crippen LogP contribution < -0.4 is 4.74 Å². The summed E-state index contributed by atoms with van der Waals surface area (Å²) in [5.41, 5.74) is 0.0251. The Balaban J connectivity index is 1.15. The van der Waals surface area contributed by atoms with Gasteiger partial charge in [0.2, 0.25) is 5.91 Å². The highest BCUT2D eigenvalue weighted by molar-refractivity contribution is 5.81. The van der Waals surface area contributed by atoms with Crippen molar-refractivity contribution in [1.29, 1.82) is 0 Å². The first-order valence-electron chi connectivity index (χ1n) is 11.3. The van der Waals surface area contributed by atoms with E-state index in [9.17, 15) is 22.8 Å². The third-order valence-electron chi connectivity index (χ3n) is 8.26. The molecule has 2 heterocycles. The molecule has 174 valence electrons. The van der Waals surface area contributed by atoms with Crippen molar-refractivity contribution in [2.24, 2.45) is 16.7 Å².